The average Bonchev–Trinajstić information content (AvgIpc) is 2.76. The largest absolute Gasteiger partial charge is 0.399 e. The SMILES string of the molecule is Nc1ccc(S[C@@H]2CC(=O)N(c3cccc(Cl)c3)C2=O)cc1. The molecule has 6 heteroatoms. The Balaban J connectivity index is 1.81. The molecule has 2 aromatic carbocycles. The number of anilines is 2. The highest BCUT2D eigenvalue weighted by atomic mass is 35.5. The first kappa shape index (κ1) is 14.9. The molecule has 3 rings (SSSR count). The van der Waals surface area contributed by atoms with Gasteiger partial charge in [0.15, 0.2) is 0 Å². The number of amides is 2. The van der Waals surface area contributed by atoms with Crippen molar-refractivity contribution in [1.82, 2.24) is 0 Å². The lowest BCUT2D eigenvalue weighted by molar-refractivity contribution is -0.121. The molecule has 0 aliphatic carbocycles. The van der Waals surface area contributed by atoms with Crippen molar-refractivity contribution in [1.29, 1.82) is 0 Å². The predicted octanol–water partition coefficient (Wildman–Crippen LogP) is 3.35. The van der Waals surface area contributed by atoms with Gasteiger partial charge in [-0.05, 0) is 42.5 Å². The lowest BCUT2D eigenvalue weighted by Gasteiger charge is -2.15. The molecule has 1 aliphatic heterocycles. The molecule has 0 bridgehead atoms. The first-order chi connectivity index (χ1) is 10.5. The summed E-state index contributed by atoms with van der Waals surface area (Å²) >= 11 is 7.31. The molecule has 0 saturated carbocycles. The number of thioether (sulfide) groups is 1. The lowest BCUT2D eigenvalue weighted by atomic mass is 10.3. The molecule has 1 fully saturated rings. The minimum Gasteiger partial charge on any atom is -0.399 e. The summed E-state index contributed by atoms with van der Waals surface area (Å²) in [6.07, 6.45) is 0.181. The van der Waals surface area contributed by atoms with Crippen LogP contribution in [0.15, 0.2) is 53.4 Å². The Bertz CT molecular complexity index is 733. The molecule has 0 spiro atoms. The van der Waals surface area contributed by atoms with Gasteiger partial charge in [0.2, 0.25) is 11.8 Å². The first-order valence-corrected chi connectivity index (χ1v) is 7.95. The van der Waals surface area contributed by atoms with Gasteiger partial charge in [-0.25, -0.2) is 4.90 Å². The van der Waals surface area contributed by atoms with Gasteiger partial charge in [0.25, 0.3) is 0 Å². The Morgan fingerprint density at radius 3 is 2.55 bits per heavy atom. The molecular weight excluding hydrogens is 320 g/mol. The number of nitrogens with zero attached hydrogens (tertiary/aromatic N) is 1. The number of benzene rings is 2. The summed E-state index contributed by atoms with van der Waals surface area (Å²) in [4.78, 5) is 26.8. The molecule has 2 aromatic rings. The summed E-state index contributed by atoms with van der Waals surface area (Å²) in [5, 5.41) is 0.0721. The van der Waals surface area contributed by atoms with Crippen LogP contribution in [0, 0.1) is 0 Å². The van der Waals surface area contributed by atoms with E-state index in [4.69, 9.17) is 17.3 Å². The highest BCUT2D eigenvalue weighted by molar-refractivity contribution is 8.00. The zero-order valence-electron chi connectivity index (χ0n) is 11.5. The lowest BCUT2D eigenvalue weighted by Crippen LogP contribution is -2.31. The third kappa shape index (κ3) is 2.96. The van der Waals surface area contributed by atoms with Crippen molar-refractivity contribution >= 4 is 46.6 Å². The highest BCUT2D eigenvalue weighted by Gasteiger charge is 2.40. The van der Waals surface area contributed by atoms with Gasteiger partial charge in [-0.3, -0.25) is 9.59 Å². The molecule has 2 N–H and O–H groups in total. The van der Waals surface area contributed by atoms with Crippen LogP contribution in [0.2, 0.25) is 5.02 Å². The summed E-state index contributed by atoms with van der Waals surface area (Å²) in [6.45, 7) is 0. The van der Waals surface area contributed by atoms with Gasteiger partial charge in [-0.1, -0.05) is 17.7 Å². The van der Waals surface area contributed by atoms with Crippen molar-refractivity contribution < 1.29 is 9.59 Å². The van der Waals surface area contributed by atoms with E-state index in [9.17, 15) is 9.59 Å². The zero-order chi connectivity index (χ0) is 15.7. The van der Waals surface area contributed by atoms with Gasteiger partial charge < -0.3 is 5.73 Å². The summed E-state index contributed by atoms with van der Waals surface area (Å²) in [5.74, 6) is -0.422. The van der Waals surface area contributed by atoms with Crippen LogP contribution in [0.5, 0.6) is 0 Å². The maximum atomic E-state index is 12.5. The molecule has 1 heterocycles. The average molecular weight is 333 g/mol. The Labute approximate surface area is 137 Å². The molecule has 0 radical (unpaired) electrons. The van der Waals surface area contributed by atoms with Gasteiger partial charge >= 0.3 is 0 Å². The quantitative estimate of drug-likeness (QED) is 0.691. The van der Waals surface area contributed by atoms with E-state index in [2.05, 4.69) is 0 Å². The third-order valence-electron chi connectivity index (χ3n) is 3.33. The van der Waals surface area contributed by atoms with Crippen LogP contribution in [0.4, 0.5) is 11.4 Å². The van der Waals surface area contributed by atoms with Crippen molar-refractivity contribution in [2.75, 3.05) is 10.6 Å². The molecule has 112 valence electrons. The Hall–Kier alpha value is -1.98. The summed E-state index contributed by atoms with van der Waals surface area (Å²) < 4.78 is 0. The number of rotatable bonds is 3. The Kier molecular flexibility index (Phi) is 4.09. The molecular formula is C16H13ClN2O2S. The van der Waals surface area contributed by atoms with Crippen molar-refractivity contribution in [2.45, 2.75) is 16.6 Å². The second-order valence-corrected chi connectivity index (χ2v) is 6.64. The number of hydrogen-bond acceptors (Lipinski definition) is 4. The van der Waals surface area contributed by atoms with Gasteiger partial charge in [0, 0.05) is 22.0 Å². The first-order valence-electron chi connectivity index (χ1n) is 6.69. The van der Waals surface area contributed by atoms with E-state index in [0.717, 1.165) is 4.90 Å². The number of carbonyl (C=O) groups excluding carboxylic acids is 2. The topological polar surface area (TPSA) is 63.4 Å². The smallest absolute Gasteiger partial charge is 0.247 e. The number of nitrogen functional groups attached to an aromatic ring is 1. The summed E-state index contributed by atoms with van der Waals surface area (Å²) in [7, 11) is 0. The minimum atomic E-state index is -0.421. The minimum absolute atomic E-state index is 0.181. The van der Waals surface area contributed by atoms with Gasteiger partial charge in [-0.15, -0.1) is 11.8 Å². The van der Waals surface area contributed by atoms with Crippen LogP contribution in [-0.2, 0) is 9.59 Å². The van der Waals surface area contributed by atoms with Crippen molar-refractivity contribution in [3.63, 3.8) is 0 Å². The molecule has 1 saturated heterocycles. The van der Waals surface area contributed by atoms with E-state index in [1.807, 2.05) is 12.1 Å². The van der Waals surface area contributed by atoms with E-state index in [1.165, 1.54) is 16.7 Å². The highest BCUT2D eigenvalue weighted by Crippen LogP contribution is 2.34. The number of carbonyl (C=O) groups is 2. The molecule has 0 aromatic heterocycles. The van der Waals surface area contributed by atoms with Crippen LogP contribution >= 0.6 is 23.4 Å². The fourth-order valence-corrected chi connectivity index (χ4v) is 3.53. The molecule has 1 aliphatic rings. The maximum Gasteiger partial charge on any atom is 0.247 e. The van der Waals surface area contributed by atoms with E-state index >= 15 is 0 Å². The van der Waals surface area contributed by atoms with Crippen LogP contribution in [0.1, 0.15) is 6.42 Å². The van der Waals surface area contributed by atoms with E-state index in [1.54, 1.807) is 36.4 Å². The number of hydrogen-bond donors (Lipinski definition) is 1. The van der Waals surface area contributed by atoms with Gasteiger partial charge in [0.1, 0.15) is 0 Å². The Morgan fingerprint density at radius 1 is 1.14 bits per heavy atom. The monoisotopic (exact) mass is 332 g/mol. The zero-order valence-corrected chi connectivity index (χ0v) is 13.1. The second kappa shape index (κ2) is 6.02. The predicted molar refractivity (Wildman–Crippen MR) is 89.1 cm³/mol. The molecule has 0 unspecified atom stereocenters. The van der Waals surface area contributed by atoms with E-state index in [-0.39, 0.29) is 18.2 Å². The van der Waals surface area contributed by atoms with E-state index in [0.29, 0.717) is 16.4 Å². The van der Waals surface area contributed by atoms with Crippen LogP contribution in [0.3, 0.4) is 0 Å². The van der Waals surface area contributed by atoms with Crippen LogP contribution in [-0.4, -0.2) is 17.1 Å². The van der Waals surface area contributed by atoms with Crippen LogP contribution in [0.25, 0.3) is 0 Å². The molecule has 2 amide bonds. The normalized spacial score (nSPS) is 18.0. The standard InChI is InChI=1S/C16H13ClN2O2S/c17-10-2-1-3-12(8-10)19-15(20)9-14(16(19)21)22-13-6-4-11(18)5-7-13/h1-8,14H,9,18H2/t14-/m1/s1. The van der Waals surface area contributed by atoms with Gasteiger partial charge in [-0.2, -0.15) is 0 Å². The molecule has 22 heavy (non-hydrogen) atoms. The fourth-order valence-electron chi connectivity index (χ4n) is 2.29. The molecule has 4 nitrogen and oxygen atoms in total. The number of imide groups is 1. The molecule has 1 atom stereocenters. The van der Waals surface area contributed by atoms with Crippen molar-refractivity contribution in [3.05, 3.63) is 53.6 Å². The van der Waals surface area contributed by atoms with Gasteiger partial charge in [0.05, 0.1) is 10.9 Å². The van der Waals surface area contributed by atoms with Crippen molar-refractivity contribution in [3.8, 4) is 0 Å². The Morgan fingerprint density at radius 2 is 1.86 bits per heavy atom. The van der Waals surface area contributed by atoms with Crippen molar-refractivity contribution in [2.24, 2.45) is 0 Å². The second-order valence-electron chi connectivity index (χ2n) is 4.93. The van der Waals surface area contributed by atoms with E-state index < -0.39 is 5.25 Å². The number of halogens is 1. The summed E-state index contributed by atoms with van der Waals surface area (Å²) in [5.41, 5.74) is 6.83. The third-order valence-corrected chi connectivity index (χ3v) is 4.76. The summed E-state index contributed by atoms with van der Waals surface area (Å²) in [6, 6.07) is 14.0. The fraction of sp³-hybridized carbons (Fsp3) is 0.125. The maximum absolute atomic E-state index is 12.5. The van der Waals surface area contributed by atoms with Crippen LogP contribution < -0.4 is 10.6 Å². The number of nitrogens with two attached hydrogens (primary N) is 1.